The first-order valence-electron chi connectivity index (χ1n) is 9.22. The van der Waals surface area contributed by atoms with Crippen LogP contribution in [0.1, 0.15) is 17.2 Å². The van der Waals surface area contributed by atoms with E-state index < -0.39 is 23.7 Å². The molecule has 3 rings (SSSR count). The standard InChI is InChI=1S/C24H20FN3O2/c1-2-22(29)28(21-13-7-11-19(25)15-21)23(18-10-6-12-20(26)14-18)24(30)27-16-17-8-4-3-5-9-17/h1,3-15,23H,16,26H2,(H,27,30). The fraction of sp³-hybridized carbons (Fsp3) is 0.0833. The van der Waals surface area contributed by atoms with Gasteiger partial charge in [0.15, 0.2) is 0 Å². The highest BCUT2D eigenvalue weighted by Gasteiger charge is 2.32. The van der Waals surface area contributed by atoms with Crippen LogP contribution in [0, 0.1) is 18.2 Å². The van der Waals surface area contributed by atoms with Crippen LogP contribution in [0.4, 0.5) is 15.8 Å². The van der Waals surface area contributed by atoms with Gasteiger partial charge in [-0.05, 0) is 47.4 Å². The van der Waals surface area contributed by atoms with Crippen LogP contribution < -0.4 is 16.0 Å². The third kappa shape index (κ3) is 4.83. The molecule has 6 heteroatoms. The van der Waals surface area contributed by atoms with E-state index in [2.05, 4.69) is 5.32 Å². The van der Waals surface area contributed by atoms with Crippen molar-refractivity contribution in [2.24, 2.45) is 0 Å². The number of hydrogen-bond donors (Lipinski definition) is 2. The van der Waals surface area contributed by atoms with Gasteiger partial charge in [0, 0.05) is 17.9 Å². The van der Waals surface area contributed by atoms with Crippen molar-refractivity contribution in [1.29, 1.82) is 0 Å². The molecule has 0 aliphatic carbocycles. The number of nitrogens with one attached hydrogen (secondary N) is 1. The number of amides is 2. The summed E-state index contributed by atoms with van der Waals surface area (Å²) < 4.78 is 13.9. The van der Waals surface area contributed by atoms with E-state index in [4.69, 9.17) is 12.2 Å². The smallest absolute Gasteiger partial charge is 0.303 e. The second kappa shape index (κ2) is 9.39. The van der Waals surface area contributed by atoms with Gasteiger partial charge < -0.3 is 11.1 Å². The number of nitrogen functional groups attached to an aromatic ring is 1. The Labute approximate surface area is 174 Å². The predicted molar refractivity (Wildman–Crippen MR) is 115 cm³/mol. The Bertz CT molecular complexity index is 1090. The fourth-order valence-electron chi connectivity index (χ4n) is 3.11. The predicted octanol–water partition coefficient (Wildman–Crippen LogP) is 3.43. The molecule has 0 saturated carbocycles. The number of halogens is 1. The molecule has 1 atom stereocenters. The second-order valence-corrected chi connectivity index (χ2v) is 6.58. The molecule has 0 spiro atoms. The quantitative estimate of drug-likeness (QED) is 0.491. The zero-order chi connectivity index (χ0) is 21.5. The average molecular weight is 401 g/mol. The Morgan fingerprint density at radius 1 is 1.03 bits per heavy atom. The van der Waals surface area contributed by atoms with Gasteiger partial charge in [0.1, 0.15) is 11.9 Å². The van der Waals surface area contributed by atoms with Crippen molar-refractivity contribution in [3.05, 3.63) is 95.8 Å². The Morgan fingerprint density at radius 2 is 1.77 bits per heavy atom. The summed E-state index contributed by atoms with van der Waals surface area (Å²) in [5, 5.41) is 2.82. The Hall–Kier alpha value is -4.11. The molecule has 30 heavy (non-hydrogen) atoms. The number of carbonyl (C=O) groups is 2. The Balaban J connectivity index is 2.03. The van der Waals surface area contributed by atoms with E-state index in [1.54, 1.807) is 24.3 Å². The lowest BCUT2D eigenvalue weighted by Crippen LogP contribution is -2.43. The maximum atomic E-state index is 13.9. The molecular weight excluding hydrogens is 381 g/mol. The van der Waals surface area contributed by atoms with Gasteiger partial charge in [0.2, 0.25) is 5.91 Å². The van der Waals surface area contributed by atoms with Gasteiger partial charge in [-0.15, -0.1) is 6.42 Å². The van der Waals surface area contributed by atoms with Gasteiger partial charge in [-0.2, -0.15) is 0 Å². The van der Waals surface area contributed by atoms with Gasteiger partial charge in [-0.1, -0.05) is 48.5 Å². The van der Waals surface area contributed by atoms with Crippen molar-refractivity contribution in [2.75, 3.05) is 10.6 Å². The molecule has 0 aromatic heterocycles. The molecule has 0 saturated heterocycles. The summed E-state index contributed by atoms with van der Waals surface area (Å²) in [6, 6.07) is 20.1. The molecule has 5 nitrogen and oxygen atoms in total. The number of nitrogens with zero attached hydrogens (tertiary/aromatic N) is 1. The van der Waals surface area contributed by atoms with Crippen LogP contribution >= 0.6 is 0 Å². The molecule has 3 N–H and O–H groups in total. The summed E-state index contributed by atoms with van der Waals surface area (Å²) in [5.41, 5.74) is 7.82. The van der Waals surface area contributed by atoms with Crippen molar-refractivity contribution in [3.8, 4) is 12.3 Å². The Morgan fingerprint density at radius 3 is 2.43 bits per heavy atom. The number of rotatable bonds is 6. The molecule has 0 heterocycles. The first-order valence-corrected chi connectivity index (χ1v) is 9.22. The fourth-order valence-corrected chi connectivity index (χ4v) is 3.11. The molecule has 0 fully saturated rings. The van der Waals surface area contributed by atoms with Crippen molar-refractivity contribution >= 4 is 23.2 Å². The van der Waals surface area contributed by atoms with Gasteiger partial charge >= 0.3 is 5.91 Å². The number of benzene rings is 3. The van der Waals surface area contributed by atoms with E-state index in [0.717, 1.165) is 16.5 Å². The summed E-state index contributed by atoms with van der Waals surface area (Å²) in [4.78, 5) is 27.0. The minimum absolute atomic E-state index is 0.167. The summed E-state index contributed by atoms with van der Waals surface area (Å²) in [5.74, 6) is 0.223. The van der Waals surface area contributed by atoms with E-state index in [9.17, 15) is 14.0 Å². The molecule has 0 radical (unpaired) electrons. The highest BCUT2D eigenvalue weighted by Crippen LogP contribution is 2.29. The largest absolute Gasteiger partial charge is 0.399 e. The van der Waals surface area contributed by atoms with Crippen molar-refractivity contribution in [2.45, 2.75) is 12.6 Å². The van der Waals surface area contributed by atoms with Crippen LogP contribution in [0.2, 0.25) is 0 Å². The van der Waals surface area contributed by atoms with Gasteiger partial charge in [0.05, 0.1) is 0 Å². The molecule has 0 aliphatic rings. The summed E-state index contributed by atoms with van der Waals surface area (Å²) in [6.07, 6.45) is 5.37. The number of hydrogen-bond acceptors (Lipinski definition) is 3. The third-order valence-electron chi connectivity index (χ3n) is 4.47. The highest BCUT2D eigenvalue weighted by molar-refractivity contribution is 6.09. The van der Waals surface area contributed by atoms with E-state index in [-0.39, 0.29) is 12.2 Å². The molecule has 3 aromatic carbocycles. The maximum absolute atomic E-state index is 13.9. The maximum Gasteiger partial charge on any atom is 0.303 e. The van der Waals surface area contributed by atoms with Gasteiger partial charge in [-0.25, -0.2) is 4.39 Å². The van der Waals surface area contributed by atoms with E-state index >= 15 is 0 Å². The second-order valence-electron chi connectivity index (χ2n) is 6.58. The molecule has 3 aromatic rings. The number of nitrogens with two attached hydrogens (primary N) is 1. The summed E-state index contributed by atoms with van der Waals surface area (Å²) >= 11 is 0. The SMILES string of the molecule is C#CC(=O)N(c1cccc(F)c1)C(C(=O)NCc1ccccc1)c1cccc(N)c1. The normalized spacial score (nSPS) is 11.2. The van der Waals surface area contributed by atoms with Crippen LogP contribution in [0.3, 0.4) is 0 Å². The Kier molecular flexibility index (Phi) is 6.46. The molecule has 0 bridgehead atoms. The zero-order valence-corrected chi connectivity index (χ0v) is 16.1. The lowest BCUT2D eigenvalue weighted by atomic mass is 10.0. The van der Waals surface area contributed by atoms with Gasteiger partial charge in [0.25, 0.3) is 0 Å². The monoisotopic (exact) mass is 401 g/mol. The topological polar surface area (TPSA) is 75.4 Å². The lowest BCUT2D eigenvalue weighted by Gasteiger charge is -2.30. The van der Waals surface area contributed by atoms with Crippen LogP contribution in [-0.4, -0.2) is 11.8 Å². The number of carbonyl (C=O) groups excluding carboxylic acids is 2. The third-order valence-corrected chi connectivity index (χ3v) is 4.47. The summed E-state index contributed by atoms with van der Waals surface area (Å²) in [7, 11) is 0. The molecule has 150 valence electrons. The molecule has 0 aliphatic heterocycles. The first-order chi connectivity index (χ1) is 14.5. The van der Waals surface area contributed by atoms with Crippen LogP contribution in [0.15, 0.2) is 78.9 Å². The minimum atomic E-state index is -1.14. The van der Waals surface area contributed by atoms with Crippen molar-refractivity contribution in [1.82, 2.24) is 5.32 Å². The minimum Gasteiger partial charge on any atom is -0.399 e. The van der Waals surface area contributed by atoms with E-state index in [0.29, 0.717) is 11.3 Å². The molecular formula is C24H20FN3O2. The first kappa shape index (κ1) is 20.6. The number of terminal acetylenes is 1. The van der Waals surface area contributed by atoms with Crippen LogP contribution in [0.25, 0.3) is 0 Å². The van der Waals surface area contributed by atoms with Crippen molar-refractivity contribution < 1.29 is 14.0 Å². The summed E-state index contributed by atoms with van der Waals surface area (Å²) in [6.45, 7) is 0.250. The molecule has 1 unspecified atom stereocenters. The molecule has 2 amide bonds. The van der Waals surface area contributed by atoms with E-state index in [1.165, 1.54) is 18.2 Å². The van der Waals surface area contributed by atoms with E-state index in [1.807, 2.05) is 36.3 Å². The zero-order valence-electron chi connectivity index (χ0n) is 16.1. The van der Waals surface area contributed by atoms with Gasteiger partial charge in [-0.3, -0.25) is 14.5 Å². The van der Waals surface area contributed by atoms with Crippen LogP contribution in [0.5, 0.6) is 0 Å². The average Bonchev–Trinajstić information content (AvgIpc) is 2.76. The highest BCUT2D eigenvalue weighted by atomic mass is 19.1. The lowest BCUT2D eigenvalue weighted by molar-refractivity contribution is -0.125. The van der Waals surface area contributed by atoms with Crippen molar-refractivity contribution in [3.63, 3.8) is 0 Å². The van der Waals surface area contributed by atoms with Crippen LogP contribution in [-0.2, 0) is 16.1 Å². The number of anilines is 2.